The Hall–Kier alpha value is -4.20. The van der Waals surface area contributed by atoms with Crippen LogP contribution in [0.15, 0.2) is 71.3 Å². The van der Waals surface area contributed by atoms with E-state index in [0.29, 0.717) is 45.6 Å². The zero-order valence-electron chi connectivity index (χ0n) is 15.5. The highest BCUT2D eigenvalue weighted by Crippen LogP contribution is 2.32. The van der Waals surface area contributed by atoms with Gasteiger partial charge in [-0.1, -0.05) is 5.16 Å². The van der Waals surface area contributed by atoms with Crippen LogP contribution in [-0.4, -0.2) is 22.8 Å². The number of nitrogens with one attached hydrogen (secondary N) is 1. The zero-order valence-corrected chi connectivity index (χ0v) is 15.5. The second kappa shape index (κ2) is 7.32. The summed E-state index contributed by atoms with van der Waals surface area (Å²) < 4.78 is 28.9. The Balaban J connectivity index is 1.30. The molecule has 0 saturated carbocycles. The molecule has 1 aliphatic heterocycles. The van der Waals surface area contributed by atoms with E-state index < -0.39 is 0 Å². The smallest absolute Gasteiger partial charge is 0.258 e. The summed E-state index contributed by atoms with van der Waals surface area (Å²) in [6.45, 7) is 0.154. The van der Waals surface area contributed by atoms with Gasteiger partial charge in [0.05, 0.1) is 0 Å². The van der Waals surface area contributed by atoms with E-state index in [-0.39, 0.29) is 18.5 Å². The van der Waals surface area contributed by atoms with Crippen LogP contribution in [0.25, 0.3) is 22.8 Å². The minimum Gasteiger partial charge on any atom is -0.454 e. The SMILES string of the molecule is O=C(Nc1ccc(-c2noc(-c3ccc(F)cc3)n2)cc1)c1ccc2c(c1)OCO2. The Bertz CT molecular complexity index is 1220. The average molecular weight is 403 g/mol. The third-order valence-corrected chi connectivity index (χ3v) is 4.55. The van der Waals surface area contributed by atoms with Crippen molar-refractivity contribution in [3.63, 3.8) is 0 Å². The monoisotopic (exact) mass is 403 g/mol. The van der Waals surface area contributed by atoms with Gasteiger partial charge in [-0.2, -0.15) is 4.98 Å². The molecule has 148 valence electrons. The maximum atomic E-state index is 13.1. The van der Waals surface area contributed by atoms with Gasteiger partial charge in [0.1, 0.15) is 5.82 Å². The molecule has 5 rings (SSSR count). The van der Waals surface area contributed by atoms with Crippen molar-refractivity contribution in [2.24, 2.45) is 0 Å². The van der Waals surface area contributed by atoms with Gasteiger partial charge in [-0.3, -0.25) is 4.79 Å². The molecule has 8 heteroatoms. The normalized spacial score (nSPS) is 12.0. The average Bonchev–Trinajstić information content (AvgIpc) is 3.44. The molecule has 3 aromatic carbocycles. The highest BCUT2D eigenvalue weighted by molar-refractivity contribution is 6.04. The number of rotatable bonds is 4. The molecule has 0 radical (unpaired) electrons. The van der Waals surface area contributed by atoms with E-state index in [1.54, 1.807) is 54.6 Å². The molecule has 30 heavy (non-hydrogen) atoms. The standard InChI is InChI=1S/C22H14FN3O4/c23-16-6-1-14(2-7-16)22-25-20(26-30-22)13-3-8-17(9-4-13)24-21(27)15-5-10-18-19(11-15)29-12-28-18/h1-11H,12H2,(H,24,27). The maximum Gasteiger partial charge on any atom is 0.258 e. The van der Waals surface area contributed by atoms with Crippen LogP contribution in [-0.2, 0) is 0 Å². The molecule has 1 amide bonds. The summed E-state index contributed by atoms with van der Waals surface area (Å²) in [6, 6.07) is 17.9. The molecule has 1 N–H and O–H groups in total. The Kier molecular flexibility index (Phi) is 4.36. The van der Waals surface area contributed by atoms with E-state index in [2.05, 4.69) is 15.5 Å². The summed E-state index contributed by atoms with van der Waals surface area (Å²) in [4.78, 5) is 16.8. The van der Waals surface area contributed by atoms with Crippen LogP contribution in [0.5, 0.6) is 11.5 Å². The molecular weight excluding hydrogens is 389 g/mol. The predicted octanol–water partition coefficient (Wildman–Crippen LogP) is 4.52. The van der Waals surface area contributed by atoms with Crippen LogP contribution in [0.1, 0.15) is 10.4 Å². The van der Waals surface area contributed by atoms with Crippen molar-refractivity contribution < 1.29 is 23.2 Å². The van der Waals surface area contributed by atoms with Crippen LogP contribution in [0.3, 0.4) is 0 Å². The Morgan fingerprint density at radius 1 is 0.900 bits per heavy atom. The number of carbonyl (C=O) groups excluding carboxylic acids is 1. The van der Waals surface area contributed by atoms with E-state index in [1.165, 1.54) is 12.1 Å². The number of halogens is 1. The Morgan fingerprint density at radius 2 is 1.63 bits per heavy atom. The van der Waals surface area contributed by atoms with Crippen molar-refractivity contribution in [1.82, 2.24) is 10.1 Å². The van der Waals surface area contributed by atoms with Crippen molar-refractivity contribution in [2.45, 2.75) is 0 Å². The third kappa shape index (κ3) is 3.46. The lowest BCUT2D eigenvalue weighted by molar-refractivity contribution is 0.102. The van der Waals surface area contributed by atoms with Gasteiger partial charge in [-0.05, 0) is 66.7 Å². The zero-order chi connectivity index (χ0) is 20.5. The lowest BCUT2D eigenvalue weighted by Crippen LogP contribution is -2.11. The van der Waals surface area contributed by atoms with E-state index in [1.807, 2.05) is 0 Å². The highest BCUT2D eigenvalue weighted by atomic mass is 19.1. The topological polar surface area (TPSA) is 86.5 Å². The van der Waals surface area contributed by atoms with Gasteiger partial charge in [0.15, 0.2) is 11.5 Å². The van der Waals surface area contributed by atoms with Gasteiger partial charge in [-0.25, -0.2) is 4.39 Å². The van der Waals surface area contributed by atoms with Crippen LogP contribution in [0, 0.1) is 5.82 Å². The number of benzene rings is 3. The maximum absolute atomic E-state index is 13.1. The van der Waals surface area contributed by atoms with Crippen LogP contribution >= 0.6 is 0 Å². The molecule has 0 spiro atoms. The first-order chi connectivity index (χ1) is 14.7. The molecule has 0 bridgehead atoms. The molecule has 1 aliphatic rings. The molecule has 1 aromatic heterocycles. The summed E-state index contributed by atoms with van der Waals surface area (Å²) >= 11 is 0. The molecule has 0 atom stereocenters. The lowest BCUT2D eigenvalue weighted by atomic mass is 10.1. The fourth-order valence-corrected chi connectivity index (χ4v) is 2.99. The van der Waals surface area contributed by atoms with Crippen molar-refractivity contribution in [3.8, 4) is 34.3 Å². The lowest BCUT2D eigenvalue weighted by Gasteiger charge is -2.06. The highest BCUT2D eigenvalue weighted by Gasteiger charge is 2.16. The Morgan fingerprint density at radius 3 is 2.43 bits per heavy atom. The molecule has 2 heterocycles. The van der Waals surface area contributed by atoms with Gasteiger partial charge >= 0.3 is 0 Å². The summed E-state index contributed by atoms with van der Waals surface area (Å²) in [5.74, 6) is 1.26. The number of amides is 1. The summed E-state index contributed by atoms with van der Waals surface area (Å²) in [6.07, 6.45) is 0. The van der Waals surface area contributed by atoms with Crippen molar-refractivity contribution in [1.29, 1.82) is 0 Å². The predicted molar refractivity (Wildman–Crippen MR) is 106 cm³/mol. The van der Waals surface area contributed by atoms with Crippen molar-refractivity contribution >= 4 is 11.6 Å². The van der Waals surface area contributed by atoms with Gasteiger partial charge in [0, 0.05) is 22.4 Å². The number of hydrogen-bond donors (Lipinski definition) is 1. The molecular formula is C22H14FN3O4. The van der Waals surface area contributed by atoms with E-state index in [9.17, 15) is 9.18 Å². The number of nitrogens with zero attached hydrogens (tertiary/aromatic N) is 2. The number of aromatic nitrogens is 2. The fourth-order valence-electron chi connectivity index (χ4n) is 2.99. The van der Waals surface area contributed by atoms with Crippen LogP contribution in [0.4, 0.5) is 10.1 Å². The summed E-state index contributed by atoms with van der Waals surface area (Å²) in [7, 11) is 0. The van der Waals surface area contributed by atoms with Crippen LogP contribution < -0.4 is 14.8 Å². The first kappa shape index (κ1) is 17.9. The minimum atomic E-state index is -0.336. The Labute approximate surface area is 170 Å². The van der Waals surface area contributed by atoms with E-state index in [4.69, 9.17) is 14.0 Å². The van der Waals surface area contributed by atoms with Gasteiger partial charge < -0.3 is 19.3 Å². The molecule has 7 nitrogen and oxygen atoms in total. The third-order valence-electron chi connectivity index (χ3n) is 4.55. The molecule has 0 fully saturated rings. The van der Waals surface area contributed by atoms with E-state index in [0.717, 1.165) is 0 Å². The quantitative estimate of drug-likeness (QED) is 0.539. The fraction of sp³-hybridized carbons (Fsp3) is 0.0455. The first-order valence-corrected chi connectivity index (χ1v) is 9.07. The van der Waals surface area contributed by atoms with E-state index >= 15 is 0 Å². The number of anilines is 1. The summed E-state index contributed by atoms with van der Waals surface area (Å²) in [5, 5.41) is 6.79. The summed E-state index contributed by atoms with van der Waals surface area (Å²) in [5.41, 5.74) is 2.42. The van der Waals surface area contributed by atoms with Crippen molar-refractivity contribution in [2.75, 3.05) is 12.1 Å². The molecule has 4 aromatic rings. The molecule has 0 aliphatic carbocycles. The van der Waals surface area contributed by atoms with Gasteiger partial charge in [0.25, 0.3) is 11.8 Å². The number of ether oxygens (including phenoxy) is 2. The second-order valence-electron chi connectivity index (χ2n) is 6.53. The number of fused-ring (bicyclic) bond motifs is 1. The van der Waals surface area contributed by atoms with Gasteiger partial charge in [0.2, 0.25) is 12.6 Å². The molecule has 0 saturated heterocycles. The van der Waals surface area contributed by atoms with Crippen LogP contribution in [0.2, 0.25) is 0 Å². The molecule has 0 unspecified atom stereocenters. The second-order valence-corrected chi connectivity index (χ2v) is 6.53. The van der Waals surface area contributed by atoms with Gasteiger partial charge in [-0.15, -0.1) is 0 Å². The minimum absolute atomic E-state index is 0.154. The first-order valence-electron chi connectivity index (χ1n) is 9.07. The number of carbonyl (C=O) groups is 1. The largest absolute Gasteiger partial charge is 0.454 e. The number of hydrogen-bond acceptors (Lipinski definition) is 6. The van der Waals surface area contributed by atoms with Crippen molar-refractivity contribution in [3.05, 3.63) is 78.1 Å².